The van der Waals surface area contributed by atoms with Crippen LogP contribution in [0.3, 0.4) is 0 Å². The van der Waals surface area contributed by atoms with Gasteiger partial charge in [-0.15, -0.1) is 10.2 Å². The molecule has 1 aromatic carbocycles. The number of rotatable bonds is 2. The molecule has 0 radical (unpaired) electrons. The van der Waals surface area contributed by atoms with Gasteiger partial charge in [-0.1, -0.05) is 18.2 Å². The van der Waals surface area contributed by atoms with E-state index in [1.165, 1.54) is 0 Å². The Kier molecular flexibility index (Phi) is 2.36. The Morgan fingerprint density at radius 1 is 1.21 bits per heavy atom. The van der Waals surface area contributed by atoms with Crippen LogP contribution in [0.5, 0.6) is 0 Å². The third-order valence-corrected chi connectivity index (χ3v) is 1.85. The molecule has 2 rings (SSSR count). The second-order valence-corrected chi connectivity index (χ2v) is 2.90. The van der Waals surface area contributed by atoms with Crippen molar-refractivity contribution < 1.29 is 0 Å². The van der Waals surface area contributed by atoms with Crippen molar-refractivity contribution in [3.8, 4) is 0 Å². The van der Waals surface area contributed by atoms with Crippen molar-refractivity contribution in [2.45, 2.75) is 6.92 Å². The molecule has 0 aliphatic heterocycles. The van der Waals surface area contributed by atoms with Crippen LogP contribution in [0.15, 0.2) is 46.9 Å². The molecule has 0 spiro atoms. The minimum Gasteiger partial charge on any atom is -0.328 e. The maximum atomic E-state index is 4.08. The molecule has 0 atom stereocenters. The number of nitrogens with one attached hydrogen (secondary N) is 1. The van der Waals surface area contributed by atoms with Gasteiger partial charge in [0.05, 0.1) is 5.69 Å². The number of aryl methyl sites for hydroxylation is 1. The molecule has 0 fully saturated rings. The van der Waals surface area contributed by atoms with Crippen LogP contribution in [-0.2, 0) is 0 Å². The normalized spacial score (nSPS) is 10.9. The molecule has 4 nitrogen and oxygen atoms in total. The summed E-state index contributed by atoms with van der Waals surface area (Å²) >= 11 is 0. The molecule has 0 amide bonds. The summed E-state index contributed by atoms with van der Waals surface area (Å²) in [4.78, 5) is 6.80. The van der Waals surface area contributed by atoms with Gasteiger partial charge in [-0.05, 0) is 18.6 Å². The number of nitrogens with zero attached hydrogens (tertiary/aromatic N) is 3. The SMILES string of the molecule is Cc1ccccc1N=Nc1ncc[nH]1. The van der Waals surface area contributed by atoms with Crippen molar-refractivity contribution in [1.82, 2.24) is 9.97 Å². The van der Waals surface area contributed by atoms with E-state index in [1.807, 2.05) is 31.2 Å². The van der Waals surface area contributed by atoms with Crippen LogP contribution in [0.25, 0.3) is 0 Å². The van der Waals surface area contributed by atoms with E-state index in [0.717, 1.165) is 11.3 Å². The lowest BCUT2D eigenvalue weighted by Crippen LogP contribution is -1.71. The molecule has 14 heavy (non-hydrogen) atoms. The first-order valence-corrected chi connectivity index (χ1v) is 4.33. The predicted molar refractivity (Wildman–Crippen MR) is 53.9 cm³/mol. The first kappa shape index (κ1) is 8.62. The Morgan fingerprint density at radius 2 is 2.07 bits per heavy atom. The van der Waals surface area contributed by atoms with Crippen molar-refractivity contribution in [3.05, 3.63) is 42.2 Å². The largest absolute Gasteiger partial charge is 0.328 e. The summed E-state index contributed by atoms with van der Waals surface area (Å²) in [6.45, 7) is 2.00. The summed E-state index contributed by atoms with van der Waals surface area (Å²) in [5, 5.41) is 8.04. The van der Waals surface area contributed by atoms with E-state index in [1.54, 1.807) is 12.4 Å². The summed E-state index contributed by atoms with van der Waals surface area (Å²) in [5.74, 6) is 0.522. The van der Waals surface area contributed by atoms with E-state index in [-0.39, 0.29) is 0 Å². The molecular formula is C10H10N4. The Hall–Kier alpha value is -1.97. The van der Waals surface area contributed by atoms with Crippen molar-refractivity contribution in [2.75, 3.05) is 0 Å². The zero-order valence-electron chi connectivity index (χ0n) is 7.81. The molecule has 0 bridgehead atoms. The van der Waals surface area contributed by atoms with Crippen LogP contribution >= 0.6 is 0 Å². The van der Waals surface area contributed by atoms with Crippen LogP contribution < -0.4 is 0 Å². The van der Waals surface area contributed by atoms with Gasteiger partial charge in [0.1, 0.15) is 0 Å². The van der Waals surface area contributed by atoms with Crippen LogP contribution in [0.2, 0.25) is 0 Å². The van der Waals surface area contributed by atoms with Gasteiger partial charge in [0.15, 0.2) is 0 Å². The Bertz CT molecular complexity index is 431. The standard InChI is InChI=1S/C10H10N4/c1-8-4-2-3-5-9(8)13-14-10-11-6-7-12-10/h2-7H,1H3,(H,11,12). The molecule has 0 unspecified atom stereocenters. The van der Waals surface area contributed by atoms with Crippen LogP contribution in [0.1, 0.15) is 5.56 Å². The maximum absolute atomic E-state index is 4.08. The highest BCUT2D eigenvalue weighted by molar-refractivity contribution is 5.44. The van der Waals surface area contributed by atoms with Gasteiger partial charge in [0.2, 0.25) is 5.95 Å². The van der Waals surface area contributed by atoms with Crippen molar-refractivity contribution in [2.24, 2.45) is 10.2 Å². The molecule has 4 heteroatoms. The quantitative estimate of drug-likeness (QED) is 0.719. The number of azo groups is 1. The minimum atomic E-state index is 0.522. The van der Waals surface area contributed by atoms with Gasteiger partial charge in [-0.2, -0.15) is 0 Å². The zero-order valence-corrected chi connectivity index (χ0v) is 7.81. The number of aromatic amines is 1. The lowest BCUT2D eigenvalue weighted by Gasteiger charge is -1.95. The van der Waals surface area contributed by atoms with Crippen molar-refractivity contribution in [3.63, 3.8) is 0 Å². The highest BCUT2D eigenvalue weighted by Crippen LogP contribution is 2.19. The van der Waals surface area contributed by atoms with Gasteiger partial charge >= 0.3 is 0 Å². The van der Waals surface area contributed by atoms with Crippen LogP contribution in [0.4, 0.5) is 11.6 Å². The van der Waals surface area contributed by atoms with Gasteiger partial charge in [0.25, 0.3) is 0 Å². The number of aromatic nitrogens is 2. The first-order valence-electron chi connectivity index (χ1n) is 4.33. The Morgan fingerprint density at radius 3 is 2.79 bits per heavy atom. The van der Waals surface area contributed by atoms with E-state index in [2.05, 4.69) is 20.2 Å². The fourth-order valence-corrected chi connectivity index (χ4v) is 1.09. The van der Waals surface area contributed by atoms with E-state index in [0.29, 0.717) is 5.95 Å². The molecule has 1 aromatic heterocycles. The summed E-state index contributed by atoms with van der Waals surface area (Å²) in [6, 6.07) is 7.82. The Balaban J connectivity index is 2.23. The third kappa shape index (κ3) is 1.85. The highest BCUT2D eigenvalue weighted by Gasteiger charge is 1.94. The summed E-state index contributed by atoms with van der Waals surface area (Å²) in [5.41, 5.74) is 1.96. The van der Waals surface area contributed by atoms with E-state index < -0.39 is 0 Å². The monoisotopic (exact) mass is 186 g/mol. The molecule has 0 aliphatic carbocycles. The molecule has 0 saturated carbocycles. The summed E-state index contributed by atoms with van der Waals surface area (Å²) in [7, 11) is 0. The number of hydrogen-bond donors (Lipinski definition) is 1. The summed E-state index contributed by atoms with van der Waals surface area (Å²) in [6.07, 6.45) is 3.36. The second-order valence-electron chi connectivity index (χ2n) is 2.90. The van der Waals surface area contributed by atoms with Crippen LogP contribution in [-0.4, -0.2) is 9.97 Å². The van der Waals surface area contributed by atoms with Crippen molar-refractivity contribution in [1.29, 1.82) is 0 Å². The average Bonchev–Trinajstić information content (AvgIpc) is 2.69. The molecule has 0 aliphatic rings. The predicted octanol–water partition coefficient (Wildman–Crippen LogP) is 3.13. The molecule has 2 aromatic rings. The lowest BCUT2D eigenvalue weighted by atomic mass is 10.2. The van der Waals surface area contributed by atoms with Crippen LogP contribution in [0, 0.1) is 6.92 Å². The second kappa shape index (κ2) is 3.83. The fraction of sp³-hybridized carbons (Fsp3) is 0.100. The molecule has 70 valence electrons. The van der Waals surface area contributed by atoms with E-state index in [4.69, 9.17) is 0 Å². The number of imidazole rings is 1. The zero-order chi connectivity index (χ0) is 9.80. The average molecular weight is 186 g/mol. The minimum absolute atomic E-state index is 0.522. The number of hydrogen-bond acceptors (Lipinski definition) is 3. The molecule has 1 N–H and O–H groups in total. The van der Waals surface area contributed by atoms with E-state index in [9.17, 15) is 0 Å². The number of H-pyrrole nitrogens is 1. The molecule has 1 heterocycles. The van der Waals surface area contributed by atoms with E-state index >= 15 is 0 Å². The fourth-order valence-electron chi connectivity index (χ4n) is 1.09. The smallest absolute Gasteiger partial charge is 0.246 e. The molecule has 0 saturated heterocycles. The van der Waals surface area contributed by atoms with Gasteiger partial charge in [-0.25, -0.2) is 4.98 Å². The number of benzene rings is 1. The van der Waals surface area contributed by atoms with Gasteiger partial charge in [0, 0.05) is 12.4 Å². The third-order valence-electron chi connectivity index (χ3n) is 1.85. The highest BCUT2D eigenvalue weighted by atomic mass is 15.2. The lowest BCUT2D eigenvalue weighted by molar-refractivity contribution is 1.12. The van der Waals surface area contributed by atoms with Gasteiger partial charge in [-0.3, -0.25) is 0 Å². The molecular weight excluding hydrogens is 176 g/mol. The maximum Gasteiger partial charge on any atom is 0.246 e. The van der Waals surface area contributed by atoms with Crippen molar-refractivity contribution >= 4 is 11.6 Å². The Labute approximate surface area is 81.7 Å². The first-order chi connectivity index (χ1) is 6.86. The topological polar surface area (TPSA) is 53.4 Å². The van der Waals surface area contributed by atoms with Gasteiger partial charge < -0.3 is 4.98 Å². The summed E-state index contributed by atoms with van der Waals surface area (Å²) < 4.78 is 0.